The zero-order valence-electron chi connectivity index (χ0n) is 15.0. The average Bonchev–Trinajstić information content (AvgIpc) is 2.60. The highest BCUT2D eigenvalue weighted by Gasteiger charge is 2.26. The van der Waals surface area contributed by atoms with Crippen molar-refractivity contribution in [1.29, 1.82) is 0 Å². The van der Waals surface area contributed by atoms with Crippen molar-refractivity contribution < 1.29 is 5.11 Å². The van der Waals surface area contributed by atoms with Crippen molar-refractivity contribution in [2.45, 2.75) is 26.3 Å². The molecule has 4 nitrogen and oxygen atoms in total. The van der Waals surface area contributed by atoms with Crippen LogP contribution in [0.3, 0.4) is 0 Å². The molecular formula is C20H26ClN3O. The smallest absolute Gasteiger partial charge is 0.129 e. The second-order valence-corrected chi connectivity index (χ2v) is 7.33. The van der Waals surface area contributed by atoms with Crippen molar-refractivity contribution in [3.63, 3.8) is 0 Å². The van der Waals surface area contributed by atoms with Gasteiger partial charge in [0.2, 0.25) is 0 Å². The third kappa shape index (κ3) is 4.51. The lowest BCUT2D eigenvalue weighted by Crippen LogP contribution is -2.53. The Bertz CT molecular complexity index is 758. The van der Waals surface area contributed by atoms with Crippen LogP contribution in [0.15, 0.2) is 42.0 Å². The van der Waals surface area contributed by atoms with Crippen LogP contribution in [0.5, 0.6) is 0 Å². The summed E-state index contributed by atoms with van der Waals surface area (Å²) in [6.07, 6.45) is 3.05. The standard InChI is InChI=1S/C20H26ClN3O/c1-15(2)7-9-23-10-11-24(14-18(23)8-12-25)20-6-3-16-13-17(21)4-5-19(16)22-20/h3-7,13,18,25H,8-12,14H2,1-2H3/t18-/m1/s1. The van der Waals surface area contributed by atoms with Gasteiger partial charge < -0.3 is 10.0 Å². The molecule has 3 rings (SSSR count). The highest BCUT2D eigenvalue weighted by atomic mass is 35.5. The van der Waals surface area contributed by atoms with Crippen LogP contribution in [0.25, 0.3) is 10.9 Å². The molecule has 134 valence electrons. The topological polar surface area (TPSA) is 39.6 Å². The molecule has 1 aliphatic rings. The summed E-state index contributed by atoms with van der Waals surface area (Å²) in [4.78, 5) is 9.59. The van der Waals surface area contributed by atoms with E-state index in [0.29, 0.717) is 6.04 Å². The third-order valence-electron chi connectivity index (χ3n) is 4.76. The summed E-state index contributed by atoms with van der Waals surface area (Å²) in [6, 6.07) is 10.3. The zero-order valence-corrected chi connectivity index (χ0v) is 15.7. The molecule has 0 radical (unpaired) electrons. The molecule has 0 amide bonds. The Hall–Kier alpha value is -1.62. The maximum absolute atomic E-state index is 9.45. The third-order valence-corrected chi connectivity index (χ3v) is 5.00. The number of aliphatic hydroxyl groups excluding tert-OH is 1. The lowest BCUT2D eigenvalue weighted by atomic mass is 10.1. The fourth-order valence-electron chi connectivity index (χ4n) is 3.33. The van der Waals surface area contributed by atoms with Gasteiger partial charge in [0.25, 0.3) is 0 Å². The molecule has 0 unspecified atom stereocenters. The SMILES string of the molecule is CC(C)=CCN1CCN(c2ccc3cc(Cl)ccc3n2)C[C@H]1CCO. The molecule has 0 saturated carbocycles. The fraction of sp³-hybridized carbons (Fsp3) is 0.450. The van der Waals surface area contributed by atoms with Crippen LogP contribution >= 0.6 is 11.6 Å². The van der Waals surface area contributed by atoms with E-state index in [2.05, 4.69) is 41.9 Å². The molecule has 25 heavy (non-hydrogen) atoms. The summed E-state index contributed by atoms with van der Waals surface area (Å²) >= 11 is 6.06. The first-order valence-corrected chi connectivity index (χ1v) is 9.24. The monoisotopic (exact) mass is 359 g/mol. The minimum absolute atomic E-state index is 0.216. The molecule has 1 N–H and O–H groups in total. The van der Waals surface area contributed by atoms with E-state index in [1.807, 2.05) is 18.2 Å². The van der Waals surface area contributed by atoms with Gasteiger partial charge in [0.1, 0.15) is 5.82 Å². The van der Waals surface area contributed by atoms with Crippen molar-refractivity contribution >= 4 is 28.3 Å². The van der Waals surface area contributed by atoms with E-state index in [0.717, 1.165) is 54.3 Å². The van der Waals surface area contributed by atoms with Crippen LogP contribution in [-0.2, 0) is 0 Å². The number of nitrogens with zero attached hydrogens (tertiary/aromatic N) is 3. The van der Waals surface area contributed by atoms with E-state index >= 15 is 0 Å². The van der Waals surface area contributed by atoms with Crippen molar-refractivity contribution in [2.24, 2.45) is 0 Å². The van der Waals surface area contributed by atoms with Crippen LogP contribution in [0.2, 0.25) is 5.02 Å². The van der Waals surface area contributed by atoms with Gasteiger partial charge in [-0.3, -0.25) is 4.90 Å². The van der Waals surface area contributed by atoms with E-state index in [4.69, 9.17) is 16.6 Å². The first-order chi connectivity index (χ1) is 12.1. The van der Waals surface area contributed by atoms with Gasteiger partial charge in [0.05, 0.1) is 5.52 Å². The van der Waals surface area contributed by atoms with Crippen molar-refractivity contribution in [1.82, 2.24) is 9.88 Å². The number of benzene rings is 1. The normalized spacial score (nSPS) is 18.6. The predicted octanol–water partition coefficient (Wildman–Crippen LogP) is 3.73. The Morgan fingerprint density at radius 3 is 2.88 bits per heavy atom. The molecule has 2 aromatic rings. The molecule has 5 heteroatoms. The quantitative estimate of drug-likeness (QED) is 0.826. The summed E-state index contributed by atoms with van der Waals surface area (Å²) < 4.78 is 0. The number of piperazine rings is 1. The lowest BCUT2D eigenvalue weighted by Gasteiger charge is -2.41. The lowest BCUT2D eigenvalue weighted by molar-refractivity contribution is 0.155. The summed E-state index contributed by atoms with van der Waals surface area (Å²) in [5.41, 5.74) is 2.30. The summed E-state index contributed by atoms with van der Waals surface area (Å²) in [5, 5.41) is 11.2. The van der Waals surface area contributed by atoms with Crippen molar-refractivity contribution in [3.05, 3.63) is 47.0 Å². The van der Waals surface area contributed by atoms with Gasteiger partial charge in [0.15, 0.2) is 0 Å². The largest absolute Gasteiger partial charge is 0.396 e. The second-order valence-electron chi connectivity index (χ2n) is 6.90. The summed E-state index contributed by atoms with van der Waals surface area (Å²) in [5.74, 6) is 1.000. The van der Waals surface area contributed by atoms with Gasteiger partial charge in [-0.25, -0.2) is 4.98 Å². The minimum atomic E-state index is 0.216. The highest BCUT2D eigenvalue weighted by Crippen LogP contribution is 2.24. The van der Waals surface area contributed by atoms with Crippen LogP contribution < -0.4 is 4.90 Å². The maximum Gasteiger partial charge on any atom is 0.129 e. The van der Waals surface area contributed by atoms with E-state index in [1.165, 1.54) is 5.57 Å². The van der Waals surface area contributed by atoms with E-state index < -0.39 is 0 Å². The van der Waals surface area contributed by atoms with E-state index in [-0.39, 0.29) is 6.61 Å². The number of allylic oxidation sites excluding steroid dienone is 1. The van der Waals surface area contributed by atoms with Gasteiger partial charge in [-0.1, -0.05) is 23.3 Å². The molecule has 0 aliphatic carbocycles. The van der Waals surface area contributed by atoms with Crippen molar-refractivity contribution in [2.75, 3.05) is 37.7 Å². The van der Waals surface area contributed by atoms with Crippen LogP contribution in [-0.4, -0.2) is 53.8 Å². The van der Waals surface area contributed by atoms with E-state index in [1.54, 1.807) is 0 Å². The maximum atomic E-state index is 9.45. The first-order valence-electron chi connectivity index (χ1n) is 8.86. The van der Waals surface area contributed by atoms with E-state index in [9.17, 15) is 5.11 Å². The molecule has 1 aliphatic heterocycles. The van der Waals surface area contributed by atoms with Crippen LogP contribution in [0.1, 0.15) is 20.3 Å². The van der Waals surface area contributed by atoms with Gasteiger partial charge in [-0.05, 0) is 50.6 Å². The molecule has 1 fully saturated rings. The van der Waals surface area contributed by atoms with Crippen LogP contribution in [0, 0.1) is 0 Å². The Labute approximate surface area is 154 Å². The summed E-state index contributed by atoms with van der Waals surface area (Å²) in [7, 11) is 0. The second kappa shape index (κ2) is 8.17. The number of hydrogen-bond donors (Lipinski definition) is 1. The number of anilines is 1. The number of aliphatic hydroxyl groups is 1. The molecule has 2 heterocycles. The Kier molecular flexibility index (Phi) is 5.94. The number of pyridine rings is 1. The van der Waals surface area contributed by atoms with Crippen molar-refractivity contribution in [3.8, 4) is 0 Å². The molecule has 0 bridgehead atoms. The fourth-order valence-corrected chi connectivity index (χ4v) is 3.51. The Morgan fingerprint density at radius 1 is 1.28 bits per heavy atom. The molecule has 0 spiro atoms. The number of rotatable bonds is 5. The molecule has 1 aromatic carbocycles. The molecular weight excluding hydrogens is 334 g/mol. The Morgan fingerprint density at radius 2 is 2.12 bits per heavy atom. The average molecular weight is 360 g/mol. The van der Waals surface area contributed by atoms with Gasteiger partial charge in [0, 0.05) is 49.2 Å². The van der Waals surface area contributed by atoms with Crippen LogP contribution in [0.4, 0.5) is 5.82 Å². The predicted molar refractivity (Wildman–Crippen MR) is 105 cm³/mol. The number of hydrogen-bond acceptors (Lipinski definition) is 4. The molecule has 1 aromatic heterocycles. The Balaban J connectivity index is 1.77. The number of fused-ring (bicyclic) bond motifs is 1. The highest BCUT2D eigenvalue weighted by molar-refractivity contribution is 6.31. The number of halogens is 1. The van der Waals surface area contributed by atoms with Gasteiger partial charge in [-0.15, -0.1) is 0 Å². The van der Waals surface area contributed by atoms with Gasteiger partial charge >= 0.3 is 0 Å². The first kappa shape index (κ1) is 18.2. The molecule has 1 atom stereocenters. The minimum Gasteiger partial charge on any atom is -0.396 e. The summed E-state index contributed by atoms with van der Waals surface area (Å²) in [6.45, 7) is 8.24. The van der Waals surface area contributed by atoms with Gasteiger partial charge in [-0.2, -0.15) is 0 Å². The number of aromatic nitrogens is 1. The molecule has 1 saturated heterocycles. The zero-order chi connectivity index (χ0) is 17.8.